The van der Waals surface area contributed by atoms with Crippen molar-refractivity contribution < 1.29 is 37.6 Å². The zero-order valence-electron chi connectivity index (χ0n) is 14.0. The van der Waals surface area contributed by atoms with E-state index in [9.17, 15) is 27.9 Å². The van der Waals surface area contributed by atoms with Gasteiger partial charge in [0.15, 0.2) is 0 Å². The van der Waals surface area contributed by atoms with Gasteiger partial charge in [-0.15, -0.1) is 0 Å². The molecule has 3 unspecified atom stereocenters. The van der Waals surface area contributed by atoms with Gasteiger partial charge in [0.05, 0.1) is 12.2 Å². The zero-order valence-corrected chi connectivity index (χ0v) is 14.0. The second kappa shape index (κ2) is 9.45. The van der Waals surface area contributed by atoms with Gasteiger partial charge in [-0.05, 0) is 38.4 Å². The van der Waals surface area contributed by atoms with Gasteiger partial charge in [-0.2, -0.15) is 13.2 Å². The third kappa shape index (κ3) is 6.04. The largest absolute Gasteiger partial charge is 0.433 e. The number of ether oxygens (including phenoxy) is 1. The van der Waals surface area contributed by atoms with Crippen LogP contribution in [0.15, 0.2) is 18.2 Å². The molecule has 2 aliphatic heterocycles. The van der Waals surface area contributed by atoms with Crippen LogP contribution in [0.4, 0.5) is 17.7 Å². The molecule has 3 atom stereocenters. The molecule has 10 heteroatoms. The number of aromatic nitrogens is 1. The monoisotopic (exact) mass is 382 g/mol. The SMILES string of the molecule is FOc1cccc(C(F)(F)F)n1.OC1CCOC(CN2CCCC2)C1O. The van der Waals surface area contributed by atoms with Gasteiger partial charge in [0.2, 0.25) is 0 Å². The predicted octanol–water partition coefficient (Wildman–Crippen LogP) is 1.96. The molecule has 2 N–H and O–H groups in total. The third-order valence-corrected chi connectivity index (χ3v) is 4.25. The maximum atomic E-state index is 11.9. The minimum Gasteiger partial charge on any atom is -0.390 e. The lowest BCUT2D eigenvalue weighted by atomic mass is 10.0. The summed E-state index contributed by atoms with van der Waals surface area (Å²) in [6, 6.07) is 2.71. The zero-order chi connectivity index (χ0) is 19.2. The molecule has 3 heterocycles. The number of hydrogen-bond donors (Lipinski definition) is 2. The van der Waals surface area contributed by atoms with Crippen molar-refractivity contribution >= 4 is 0 Å². The first-order valence-corrected chi connectivity index (χ1v) is 8.34. The molecule has 2 aliphatic rings. The molecule has 26 heavy (non-hydrogen) atoms. The molecule has 148 valence electrons. The number of halogens is 4. The number of rotatable bonds is 3. The molecule has 6 nitrogen and oxygen atoms in total. The van der Waals surface area contributed by atoms with Crippen LogP contribution in [0.5, 0.6) is 5.88 Å². The molecule has 0 amide bonds. The summed E-state index contributed by atoms with van der Waals surface area (Å²) in [5.41, 5.74) is -1.18. The van der Waals surface area contributed by atoms with E-state index in [4.69, 9.17) is 4.74 Å². The molecule has 2 fully saturated rings. The summed E-state index contributed by atoms with van der Waals surface area (Å²) in [5.74, 6) is -0.704. The molecule has 0 aliphatic carbocycles. The maximum absolute atomic E-state index is 11.9. The number of aliphatic hydroxyl groups excluding tert-OH is 2. The van der Waals surface area contributed by atoms with Gasteiger partial charge in [-0.3, -0.25) is 4.94 Å². The van der Waals surface area contributed by atoms with Gasteiger partial charge in [0.25, 0.3) is 5.88 Å². The Hall–Kier alpha value is -1.49. The molecule has 1 aromatic rings. The predicted molar refractivity (Wildman–Crippen MR) is 83.0 cm³/mol. The smallest absolute Gasteiger partial charge is 0.390 e. The van der Waals surface area contributed by atoms with Crippen molar-refractivity contribution in [2.24, 2.45) is 0 Å². The first-order chi connectivity index (χ1) is 12.3. The van der Waals surface area contributed by atoms with Crippen LogP contribution in [0, 0.1) is 0 Å². The number of likely N-dealkylation sites (tertiary alicyclic amines) is 1. The van der Waals surface area contributed by atoms with Crippen molar-refractivity contribution in [1.29, 1.82) is 0 Å². The maximum Gasteiger partial charge on any atom is 0.433 e. The highest BCUT2D eigenvalue weighted by atomic mass is 19.4. The lowest BCUT2D eigenvalue weighted by Gasteiger charge is -2.34. The Balaban J connectivity index is 0.000000190. The number of aliphatic hydroxyl groups is 2. The van der Waals surface area contributed by atoms with Crippen LogP contribution in [0.3, 0.4) is 0 Å². The van der Waals surface area contributed by atoms with E-state index in [-0.39, 0.29) is 6.10 Å². The molecule has 3 rings (SSSR count). The van der Waals surface area contributed by atoms with E-state index in [1.165, 1.54) is 12.8 Å². The Morgan fingerprint density at radius 1 is 1.23 bits per heavy atom. The number of nitrogens with zero attached hydrogens (tertiary/aromatic N) is 2. The molecule has 0 saturated carbocycles. The Morgan fingerprint density at radius 3 is 2.54 bits per heavy atom. The quantitative estimate of drug-likeness (QED) is 0.779. The standard InChI is InChI=1S/C10H19NO3.C6H3F4NO/c12-8-3-6-14-9(10(8)13)7-11-4-1-2-5-11;7-6(8,9)4-2-1-3-5(11-4)12-10/h8-10,12-13H,1-7H2;1-3H. The van der Waals surface area contributed by atoms with Crippen LogP contribution < -0.4 is 4.94 Å². The van der Waals surface area contributed by atoms with Gasteiger partial charge >= 0.3 is 6.18 Å². The molecule has 2 saturated heterocycles. The van der Waals surface area contributed by atoms with Crippen molar-refractivity contribution in [2.45, 2.75) is 43.8 Å². The Morgan fingerprint density at radius 2 is 1.92 bits per heavy atom. The minimum absolute atomic E-state index is 0.197. The van der Waals surface area contributed by atoms with E-state index >= 15 is 0 Å². The average molecular weight is 382 g/mol. The second-order valence-corrected chi connectivity index (χ2v) is 6.20. The molecule has 0 bridgehead atoms. The molecule has 1 aromatic heterocycles. The third-order valence-electron chi connectivity index (χ3n) is 4.25. The van der Waals surface area contributed by atoms with Crippen molar-refractivity contribution in [3.05, 3.63) is 23.9 Å². The average Bonchev–Trinajstić information content (AvgIpc) is 3.12. The summed E-state index contributed by atoms with van der Waals surface area (Å²) in [4.78, 5) is 8.18. The van der Waals surface area contributed by atoms with Crippen LogP contribution in [-0.4, -0.2) is 64.6 Å². The van der Waals surface area contributed by atoms with Gasteiger partial charge in [0, 0.05) is 23.7 Å². The topological polar surface area (TPSA) is 75.0 Å². The van der Waals surface area contributed by atoms with Crippen molar-refractivity contribution in [3.8, 4) is 5.88 Å². The summed E-state index contributed by atoms with van der Waals surface area (Å²) in [6.07, 6.45) is -3.04. The highest BCUT2D eigenvalue weighted by Gasteiger charge is 2.33. The van der Waals surface area contributed by atoms with Crippen LogP contribution in [-0.2, 0) is 10.9 Å². The normalized spacial score (nSPS) is 26.9. The lowest BCUT2D eigenvalue weighted by molar-refractivity contribution is -0.142. The summed E-state index contributed by atoms with van der Waals surface area (Å²) in [5, 5.41) is 19.2. The van der Waals surface area contributed by atoms with Crippen molar-refractivity contribution in [1.82, 2.24) is 9.88 Å². The second-order valence-electron chi connectivity index (χ2n) is 6.20. The first kappa shape index (κ1) is 20.8. The first-order valence-electron chi connectivity index (χ1n) is 8.34. The Kier molecular flexibility index (Phi) is 7.56. The van der Waals surface area contributed by atoms with Crippen LogP contribution in [0.2, 0.25) is 0 Å². The number of pyridine rings is 1. The van der Waals surface area contributed by atoms with E-state index in [2.05, 4.69) is 14.8 Å². The van der Waals surface area contributed by atoms with Crippen molar-refractivity contribution in [2.75, 3.05) is 26.2 Å². The fourth-order valence-corrected chi connectivity index (χ4v) is 2.85. The fourth-order valence-electron chi connectivity index (χ4n) is 2.85. The highest BCUT2D eigenvalue weighted by Crippen LogP contribution is 2.28. The summed E-state index contributed by atoms with van der Waals surface area (Å²) >= 11 is 0. The highest BCUT2D eigenvalue weighted by molar-refractivity contribution is 5.17. The van der Waals surface area contributed by atoms with E-state index in [0.29, 0.717) is 13.0 Å². The molecule has 0 radical (unpaired) electrons. The van der Waals surface area contributed by atoms with E-state index < -0.39 is 30.0 Å². The molecular weight excluding hydrogens is 360 g/mol. The Labute approximate surface area is 148 Å². The summed E-state index contributed by atoms with van der Waals surface area (Å²) in [6.45, 7) is 3.53. The van der Waals surface area contributed by atoms with E-state index in [0.717, 1.165) is 37.8 Å². The van der Waals surface area contributed by atoms with Crippen LogP contribution >= 0.6 is 0 Å². The van der Waals surface area contributed by atoms with Crippen molar-refractivity contribution in [3.63, 3.8) is 0 Å². The van der Waals surface area contributed by atoms with Gasteiger partial charge < -0.3 is 19.8 Å². The van der Waals surface area contributed by atoms with E-state index in [1.807, 2.05) is 0 Å². The van der Waals surface area contributed by atoms with Gasteiger partial charge in [0.1, 0.15) is 11.8 Å². The van der Waals surface area contributed by atoms with Crippen LogP contribution in [0.25, 0.3) is 0 Å². The van der Waals surface area contributed by atoms with Gasteiger partial charge in [-0.1, -0.05) is 6.07 Å². The molecule has 0 spiro atoms. The summed E-state index contributed by atoms with van der Waals surface area (Å²) in [7, 11) is 0. The minimum atomic E-state index is -4.57. The van der Waals surface area contributed by atoms with E-state index in [1.54, 1.807) is 0 Å². The number of alkyl halides is 3. The van der Waals surface area contributed by atoms with Gasteiger partial charge in [-0.25, -0.2) is 4.98 Å². The molecule has 0 aromatic carbocycles. The lowest BCUT2D eigenvalue weighted by Crippen LogP contribution is -2.49. The fraction of sp³-hybridized carbons (Fsp3) is 0.688. The molecular formula is C16H22F4N2O4. The van der Waals surface area contributed by atoms with Crippen LogP contribution in [0.1, 0.15) is 25.0 Å². The summed E-state index contributed by atoms with van der Waals surface area (Å²) < 4.78 is 52.4. The Bertz CT molecular complexity index is 555. The number of hydrogen-bond acceptors (Lipinski definition) is 6.